The molecule has 0 bridgehead atoms. The third-order valence-corrected chi connectivity index (χ3v) is 5.08. The van der Waals surface area contributed by atoms with Crippen molar-refractivity contribution in [2.45, 2.75) is 39.5 Å². The van der Waals surface area contributed by atoms with Crippen molar-refractivity contribution in [3.8, 4) is 23.0 Å². The zero-order valence-corrected chi connectivity index (χ0v) is 18.0. The van der Waals surface area contributed by atoms with E-state index >= 15 is 0 Å². The molecule has 8 nitrogen and oxygen atoms in total. The monoisotopic (exact) mass is 458 g/mol. The summed E-state index contributed by atoms with van der Waals surface area (Å²) < 4.78 is 41.5. The number of benzene rings is 1. The number of carbonyl (C=O) groups excluding carboxylic acids is 1. The van der Waals surface area contributed by atoms with E-state index in [0.29, 0.717) is 23.8 Å². The van der Waals surface area contributed by atoms with Crippen molar-refractivity contribution in [2.75, 3.05) is 6.61 Å². The molecule has 1 amide bonds. The molecule has 0 unspecified atom stereocenters. The first-order valence-electron chi connectivity index (χ1n) is 10.5. The van der Waals surface area contributed by atoms with E-state index in [4.69, 9.17) is 14.9 Å². The highest BCUT2D eigenvalue weighted by molar-refractivity contribution is 5.93. The average molecular weight is 458 g/mol. The molecule has 1 aliphatic carbocycles. The molecule has 174 valence electrons. The maximum Gasteiger partial charge on any atom is 0.387 e. The molecule has 4 rings (SSSR count). The molecular formula is C23H24F2N4O4. The molecule has 3 N–H and O–H groups in total. The number of hydrogen-bond acceptors (Lipinski definition) is 7. The van der Waals surface area contributed by atoms with Gasteiger partial charge < -0.3 is 24.9 Å². The van der Waals surface area contributed by atoms with Crippen LogP contribution in [0.1, 0.15) is 40.3 Å². The van der Waals surface area contributed by atoms with Crippen LogP contribution in [-0.2, 0) is 13.1 Å². The molecule has 0 spiro atoms. The maximum absolute atomic E-state index is 12.8. The maximum atomic E-state index is 12.8. The van der Waals surface area contributed by atoms with Crippen LogP contribution < -0.4 is 20.5 Å². The highest BCUT2D eigenvalue weighted by atomic mass is 19.3. The fourth-order valence-corrected chi connectivity index (χ4v) is 3.09. The molecule has 1 saturated carbocycles. The Labute approximate surface area is 189 Å². The van der Waals surface area contributed by atoms with Crippen LogP contribution in [0.3, 0.4) is 0 Å². The van der Waals surface area contributed by atoms with Crippen molar-refractivity contribution in [1.29, 1.82) is 0 Å². The molecule has 1 fully saturated rings. The Hall–Kier alpha value is -3.53. The summed E-state index contributed by atoms with van der Waals surface area (Å²) in [5, 5.41) is 2.75. The second kappa shape index (κ2) is 9.95. The average Bonchev–Trinajstić information content (AvgIpc) is 3.53. The van der Waals surface area contributed by atoms with Crippen LogP contribution in [-0.4, -0.2) is 29.1 Å². The van der Waals surface area contributed by atoms with Gasteiger partial charge in [-0.1, -0.05) is 6.07 Å². The van der Waals surface area contributed by atoms with Crippen LogP contribution in [0.15, 0.2) is 40.9 Å². The Morgan fingerprint density at radius 3 is 2.76 bits per heavy atom. The largest absolute Gasteiger partial charge is 0.489 e. The first kappa shape index (κ1) is 22.7. The summed E-state index contributed by atoms with van der Waals surface area (Å²) in [6.07, 6.45) is 3.80. The van der Waals surface area contributed by atoms with Gasteiger partial charge in [0.25, 0.3) is 5.91 Å². The van der Waals surface area contributed by atoms with Crippen molar-refractivity contribution in [3.05, 3.63) is 59.2 Å². The normalized spacial score (nSPS) is 13.2. The summed E-state index contributed by atoms with van der Waals surface area (Å²) in [5.74, 6) is 0.349. The number of alkyl halides is 2. The van der Waals surface area contributed by atoms with E-state index in [1.165, 1.54) is 18.2 Å². The summed E-state index contributed by atoms with van der Waals surface area (Å²) >= 11 is 0. The smallest absolute Gasteiger partial charge is 0.387 e. The highest BCUT2D eigenvalue weighted by Gasteiger charge is 2.24. The van der Waals surface area contributed by atoms with Crippen molar-refractivity contribution in [2.24, 2.45) is 11.7 Å². The number of rotatable bonds is 10. The number of oxazole rings is 1. The number of hydrogen-bond donors (Lipinski definition) is 2. The van der Waals surface area contributed by atoms with Gasteiger partial charge in [0.05, 0.1) is 25.4 Å². The summed E-state index contributed by atoms with van der Waals surface area (Å²) in [4.78, 5) is 21.2. The number of aromatic nitrogens is 2. The first-order valence-corrected chi connectivity index (χ1v) is 10.5. The van der Waals surface area contributed by atoms with Gasteiger partial charge in [-0.3, -0.25) is 9.78 Å². The van der Waals surface area contributed by atoms with Gasteiger partial charge in [-0.15, -0.1) is 0 Å². The molecule has 3 aromatic rings. The number of ether oxygens (including phenoxy) is 2. The van der Waals surface area contributed by atoms with Crippen molar-refractivity contribution in [1.82, 2.24) is 15.3 Å². The summed E-state index contributed by atoms with van der Waals surface area (Å²) in [7, 11) is 0. The Bertz CT molecular complexity index is 1110. The fourth-order valence-electron chi connectivity index (χ4n) is 3.09. The van der Waals surface area contributed by atoms with E-state index in [9.17, 15) is 13.6 Å². The van der Waals surface area contributed by atoms with Crippen molar-refractivity contribution >= 4 is 5.91 Å². The number of nitrogens with zero attached hydrogens (tertiary/aromatic N) is 2. The number of pyridine rings is 1. The lowest BCUT2D eigenvalue weighted by Crippen LogP contribution is -2.25. The van der Waals surface area contributed by atoms with Gasteiger partial charge in [0.1, 0.15) is 0 Å². The third-order valence-electron chi connectivity index (χ3n) is 5.08. The van der Waals surface area contributed by atoms with E-state index in [-0.39, 0.29) is 41.9 Å². The minimum absolute atomic E-state index is 0.0455. The fraction of sp³-hybridized carbons (Fsp3) is 0.348. The molecule has 0 radical (unpaired) electrons. The molecule has 0 atom stereocenters. The zero-order chi connectivity index (χ0) is 23.4. The molecule has 33 heavy (non-hydrogen) atoms. The molecule has 10 heteroatoms. The standard InChI is InChI=1S/C23H24F2N4O4/c1-13-2-6-16(27-10-13)11-28-21(30)20-19(9-26)32-22(29-20)15-5-7-17(33-23(24)25)18(8-15)31-12-14-3-4-14/h2,5-8,10,14,23H,3-4,9,11-12,26H2,1H3,(H,28,30). The van der Waals surface area contributed by atoms with Crippen LogP contribution in [0.5, 0.6) is 11.5 Å². The minimum Gasteiger partial charge on any atom is -0.489 e. The van der Waals surface area contributed by atoms with Gasteiger partial charge in [-0.25, -0.2) is 4.98 Å². The van der Waals surface area contributed by atoms with Crippen molar-refractivity contribution in [3.63, 3.8) is 0 Å². The van der Waals surface area contributed by atoms with Gasteiger partial charge in [0, 0.05) is 11.8 Å². The highest BCUT2D eigenvalue weighted by Crippen LogP contribution is 2.36. The Morgan fingerprint density at radius 2 is 2.09 bits per heavy atom. The van der Waals surface area contributed by atoms with E-state index in [2.05, 4.69) is 20.0 Å². The summed E-state index contributed by atoms with van der Waals surface area (Å²) in [6, 6.07) is 8.09. The van der Waals surface area contributed by atoms with Crippen molar-refractivity contribution < 1.29 is 27.5 Å². The van der Waals surface area contributed by atoms with Gasteiger partial charge in [0.2, 0.25) is 5.89 Å². The number of carbonyl (C=O) groups is 1. The lowest BCUT2D eigenvalue weighted by molar-refractivity contribution is -0.0515. The molecule has 0 saturated heterocycles. The zero-order valence-electron chi connectivity index (χ0n) is 18.0. The van der Waals surface area contributed by atoms with Gasteiger partial charge in [0.15, 0.2) is 23.0 Å². The second-order valence-electron chi connectivity index (χ2n) is 7.80. The van der Waals surface area contributed by atoms with E-state index in [1.807, 2.05) is 19.1 Å². The predicted molar refractivity (Wildman–Crippen MR) is 115 cm³/mol. The van der Waals surface area contributed by atoms with Gasteiger partial charge in [-0.2, -0.15) is 8.78 Å². The Balaban J connectivity index is 1.53. The molecule has 2 heterocycles. The van der Waals surface area contributed by atoms with E-state index in [1.54, 1.807) is 6.20 Å². The molecular weight excluding hydrogens is 434 g/mol. The number of nitrogens with one attached hydrogen (secondary N) is 1. The Kier molecular flexibility index (Phi) is 6.83. The SMILES string of the molecule is Cc1ccc(CNC(=O)c2nc(-c3ccc(OC(F)F)c(OCC4CC4)c3)oc2CN)nc1. The molecule has 1 aliphatic rings. The minimum atomic E-state index is -2.98. The molecule has 2 aromatic heterocycles. The van der Waals surface area contributed by atoms with Crippen LogP contribution in [0.25, 0.3) is 11.5 Å². The van der Waals surface area contributed by atoms with Crippen LogP contribution in [0.2, 0.25) is 0 Å². The quantitative estimate of drug-likeness (QED) is 0.475. The number of amides is 1. The third kappa shape index (κ3) is 5.83. The predicted octanol–water partition coefficient (Wildman–Crippen LogP) is 3.82. The second-order valence-corrected chi connectivity index (χ2v) is 7.80. The first-order chi connectivity index (χ1) is 15.9. The molecule has 1 aromatic carbocycles. The van der Waals surface area contributed by atoms with Crippen LogP contribution >= 0.6 is 0 Å². The van der Waals surface area contributed by atoms with E-state index in [0.717, 1.165) is 18.4 Å². The lowest BCUT2D eigenvalue weighted by Gasteiger charge is -2.12. The van der Waals surface area contributed by atoms with E-state index < -0.39 is 12.5 Å². The van der Waals surface area contributed by atoms with Crippen LogP contribution in [0.4, 0.5) is 8.78 Å². The topological polar surface area (TPSA) is 112 Å². The Morgan fingerprint density at radius 1 is 1.27 bits per heavy atom. The van der Waals surface area contributed by atoms with Gasteiger partial charge in [-0.05, 0) is 55.5 Å². The lowest BCUT2D eigenvalue weighted by atomic mass is 10.2. The number of aryl methyl sites for hydroxylation is 1. The number of halogens is 2. The summed E-state index contributed by atoms with van der Waals surface area (Å²) in [5.41, 5.74) is 7.95. The van der Waals surface area contributed by atoms with Crippen LogP contribution in [0, 0.1) is 12.8 Å². The molecule has 0 aliphatic heterocycles. The number of nitrogens with two attached hydrogens (primary N) is 1. The van der Waals surface area contributed by atoms with Gasteiger partial charge >= 0.3 is 6.61 Å². The summed E-state index contributed by atoms with van der Waals surface area (Å²) in [6.45, 7) is -0.485.